The molecule has 0 aliphatic rings. The minimum Gasteiger partial charge on any atom is -0.382 e. The van der Waals surface area contributed by atoms with Gasteiger partial charge in [0.05, 0.1) is 0 Å². The van der Waals surface area contributed by atoms with Gasteiger partial charge >= 0.3 is 0 Å². The van der Waals surface area contributed by atoms with Crippen LogP contribution >= 0.6 is 0 Å². The van der Waals surface area contributed by atoms with Crippen LogP contribution in [0, 0.1) is 9.81 Å². The predicted octanol–water partition coefficient (Wildman–Crippen LogP) is 3.04. The fraction of sp³-hybridized carbons (Fsp3) is 0.400. The number of nitrogens with zero attached hydrogens (tertiary/aromatic N) is 2. The van der Waals surface area contributed by atoms with Gasteiger partial charge in [-0.25, -0.2) is 0 Å². The molecule has 1 aromatic rings. The molecule has 1 N–H and O–H groups in total. The zero-order valence-corrected chi connectivity index (χ0v) is 8.73. The van der Waals surface area contributed by atoms with Crippen molar-refractivity contribution in [2.75, 3.05) is 11.9 Å². The highest BCUT2D eigenvalue weighted by Gasteiger charge is 2.17. The van der Waals surface area contributed by atoms with Gasteiger partial charge in [0.2, 0.25) is 0 Å². The van der Waals surface area contributed by atoms with Crippen molar-refractivity contribution in [1.29, 1.82) is 0 Å². The summed E-state index contributed by atoms with van der Waals surface area (Å²) in [6.07, 6.45) is 0. The monoisotopic (exact) mass is 207 g/mol. The number of rotatable bonds is 5. The van der Waals surface area contributed by atoms with Gasteiger partial charge in [-0.05, 0) is 43.3 Å². The van der Waals surface area contributed by atoms with Crippen molar-refractivity contribution < 1.29 is 0 Å². The molecule has 1 aromatic carbocycles. The summed E-state index contributed by atoms with van der Waals surface area (Å²) in [5.74, 6) is 0. The van der Waals surface area contributed by atoms with E-state index in [1.54, 1.807) is 38.1 Å². The highest BCUT2D eigenvalue weighted by Crippen LogP contribution is 2.17. The third-order valence-corrected chi connectivity index (χ3v) is 1.94. The first-order valence-electron chi connectivity index (χ1n) is 4.59. The maximum absolute atomic E-state index is 10.4. The van der Waals surface area contributed by atoms with Gasteiger partial charge in [-0.15, -0.1) is 4.91 Å². The van der Waals surface area contributed by atoms with Crippen molar-refractivity contribution >= 4 is 11.4 Å². The van der Waals surface area contributed by atoms with Crippen LogP contribution in [0.5, 0.6) is 0 Å². The number of benzene rings is 1. The molecule has 0 saturated heterocycles. The Morgan fingerprint density at radius 2 is 1.80 bits per heavy atom. The smallest absolute Gasteiger partial charge is 0.114 e. The molecule has 5 heteroatoms. The molecular weight excluding hydrogens is 194 g/mol. The minimum atomic E-state index is -0.637. The summed E-state index contributed by atoms with van der Waals surface area (Å²) in [5, 5.41) is 8.83. The molecule has 0 aliphatic heterocycles. The number of anilines is 1. The predicted molar refractivity (Wildman–Crippen MR) is 60.3 cm³/mol. The summed E-state index contributed by atoms with van der Waals surface area (Å²) in [6, 6.07) is 6.68. The summed E-state index contributed by atoms with van der Waals surface area (Å²) in [5.41, 5.74) is 0.578. The van der Waals surface area contributed by atoms with Crippen LogP contribution in [0.2, 0.25) is 0 Å². The fourth-order valence-corrected chi connectivity index (χ4v) is 0.991. The minimum absolute atomic E-state index is 0.383. The fourth-order valence-electron chi connectivity index (χ4n) is 0.991. The Kier molecular flexibility index (Phi) is 3.49. The van der Waals surface area contributed by atoms with Crippen LogP contribution in [0.4, 0.5) is 11.4 Å². The average Bonchev–Trinajstić information content (AvgIpc) is 2.27. The third-order valence-electron chi connectivity index (χ3n) is 1.94. The Bertz CT molecular complexity index is 346. The van der Waals surface area contributed by atoms with Gasteiger partial charge in [0.15, 0.2) is 0 Å². The number of hydrogen-bond donors (Lipinski definition) is 1. The lowest BCUT2D eigenvalue weighted by atomic mass is 10.1. The molecule has 0 fully saturated rings. The molecule has 0 bridgehead atoms. The van der Waals surface area contributed by atoms with Crippen molar-refractivity contribution in [2.45, 2.75) is 19.4 Å². The van der Waals surface area contributed by atoms with Gasteiger partial charge in [-0.1, -0.05) is 5.18 Å². The van der Waals surface area contributed by atoms with E-state index in [1.165, 1.54) is 0 Å². The Hall–Kier alpha value is -1.78. The highest BCUT2D eigenvalue weighted by molar-refractivity contribution is 5.50. The molecule has 0 atom stereocenters. The molecule has 0 aromatic heterocycles. The van der Waals surface area contributed by atoms with Crippen molar-refractivity contribution in [3.63, 3.8) is 0 Å². The first-order valence-corrected chi connectivity index (χ1v) is 4.59. The largest absolute Gasteiger partial charge is 0.382 e. The van der Waals surface area contributed by atoms with Crippen LogP contribution in [0.3, 0.4) is 0 Å². The van der Waals surface area contributed by atoms with E-state index in [2.05, 4.69) is 15.7 Å². The number of nitrogens with one attached hydrogen (secondary N) is 1. The van der Waals surface area contributed by atoms with E-state index in [4.69, 9.17) is 0 Å². The van der Waals surface area contributed by atoms with E-state index in [1.807, 2.05) is 0 Å². The maximum atomic E-state index is 10.4. The molecule has 5 nitrogen and oxygen atoms in total. The normalized spacial score (nSPS) is 10.8. The Morgan fingerprint density at radius 3 is 2.27 bits per heavy atom. The van der Waals surface area contributed by atoms with Crippen molar-refractivity contribution in [3.8, 4) is 0 Å². The van der Waals surface area contributed by atoms with Crippen LogP contribution < -0.4 is 5.32 Å². The Labute approximate surface area is 87.8 Å². The van der Waals surface area contributed by atoms with Crippen molar-refractivity contribution in [1.82, 2.24) is 0 Å². The summed E-state index contributed by atoms with van der Waals surface area (Å²) < 4.78 is 0. The summed E-state index contributed by atoms with van der Waals surface area (Å²) in [6.45, 7) is 3.94. The highest BCUT2D eigenvalue weighted by atomic mass is 16.3. The lowest BCUT2D eigenvalue weighted by Gasteiger charge is -2.16. The zero-order chi connectivity index (χ0) is 11.3. The van der Waals surface area contributed by atoms with Gasteiger partial charge in [-0.2, -0.15) is 4.91 Å². The molecule has 80 valence electrons. The van der Waals surface area contributed by atoms with Gasteiger partial charge in [0, 0.05) is 12.2 Å². The topological polar surface area (TPSA) is 70.9 Å². The van der Waals surface area contributed by atoms with E-state index < -0.39 is 5.54 Å². The summed E-state index contributed by atoms with van der Waals surface area (Å²) in [7, 11) is 0. The van der Waals surface area contributed by atoms with E-state index in [0.29, 0.717) is 12.2 Å². The molecule has 0 aliphatic carbocycles. The molecule has 0 heterocycles. The third kappa shape index (κ3) is 3.46. The molecule has 1 rings (SSSR count). The second-order valence-corrected chi connectivity index (χ2v) is 3.90. The first-order chi connectivity index (χ1) is 7.07. The quantitative estimate of drug-likeness (QED) is 0.754. The molecule has 0 amide bonds. The van der Waals surface area contributed by atoms with Crippen molar-refractivity contribution in [2.24, 2.45) is 10.4 Å². The molecule has 0 spiro atoms. The molecule has 15 heavy (non-hydrogen) atoms. The van der Waals surface area contributed by atoms with Crippen LogP contribution in [-0.2, 0) is 0 Å². The van der Waals surface area contributed by atoms with Crippen LogP contribution in [-0.4, -0.2) is 12.1 Å². The average molecular weight is 207 g/mol. The standard InChI is InChI=1S/C10H13N3O2/c1-10(2,13-15)7-11-8-3-5-9(12-14)6-4-8/h3-6,11H,7H2,1-2H3. The Balaban J connectivity index is 2.58. The SMILES string of the molecule is CC(C)(CNc1ccc(N=O)cc1)N=O. The van der Waals surface area contributed by atoms with E-state index in [-0.39, 0.29) is 0 Å². The van der Waals surface area contributed by atoms with Crippen LogP contribution in [0.15, 0.2) is 34.6 Å². The molecule has 0 saturated carbocycles. The van der Waals surface area contributed by atoms with E-state index in [9.17, 15) is 9.81 Å². The molecular formula is C10H13N3O2. The summed E-state index contributed by atoms with van der Waals surface area (Å²) in [4.78, 5) is 20.6. The van der Waals surface area contributed by atoms with Gasteiger partial charge in [0.1, 0.15) is 11.2 Å². The Morgan fingerprint density at radius 1 is 1.20 bits per heavy atom. The van der Waals surface area contributed by atoms with E-state index in [0.717, 1.165) is 5.69 Å². The van der Waals surface area contributed by atoms with E-state index >= 15 is 0 Å². The molecule has 0 unspecified atom stereocenters. The zero-order valence-electron chi connectivity index (χ0n) is 8.73. The van der Waals surface area contributed by atoms with Gasteiger partial charge in [-0.3, -0.25) is 0 Å². The second kappa shape index (κ2) is 4.63. The maximum Gasteiger partial charge on any atom is 0.114 e. The van der Waals surface area contributed by atoms with Crippen LogP contribution in [0.25, 0.3) is 0 Å². The van der Waals surface area contributed by atoms with Gasteiger partial charge in [0.25, 0.3) is 0 Å². The first kappa shape index (κ1) is 11.3. The van der Waals surface area contributed by atoms with Crippen LogP contribution in [0.1, 0.15) is 13.8 Å². The van der Waals surface area contributed by atoms with Gasteiger partial charge < -0.3 is 5.32 Å². The molecule has 0 radical (unpaired) electrons. The number of nitroso groups, excluding NO2 is 2. The lowest BCUT2D eigenvalue weighted by Crippen LogP contribution is -2.27. The second-order valence-electron chi connectivity index (χ2n) is 3.90. The number of hydrogen-bond acceptors (Lipinski definition) is 5. The van der Waals surface area contributed by atoms with Crippen molar-refractivity contribution in [3.05, 3.63) is 34.1 Å². The lowest BCUT2D eigenvalue weighted by molar-refractivity contribution is 0.547. The summed E-state index contributed by atoms with van der Waals surface area (Å²) >= 11 is 0.